The van der Waals surface area contributed by atoms with Crippen LogP contribution in [0.1, 0.15) is 45.6 Å². The summed E-state index contributed by atoms with van der Waals surface area (Å²) in [5.74, 6) is 5.25. The van der Waals surface area contributed by atoms with Gasteiger partial charge < -0.3 is 4.74 Å². The Morgan fingerprint density at radius 2 is 1.81 bits per heavy atom. The molecule has 1 fully saturated rings. The molecular formula is C23H38N2O4SSi. The maximum atomic E-state index is 12.9. The zero-order valence-electron chi connectivity index (χ0n) is 19.9. The van der Waals surface area contributed by atoms with Gasteiger partial charge in [0, 0.05) is 13.5 Å². The van der Waals surface area contributed by atoms with Crippen molar-refractivity contribution in [3.05, 3.63) is 41.5 Å². The normalized spacial score (nSPS) is 21.5. The van der Waals surface area contributed by atoms with E-state index in [-0.39, 0.29) is 22.3 Å². The topological polar surface area (TPSA) is 89.7 Å². The Labute approximate surface area is 188 Å². The van der Waals surface area contributed by atoms with Gasteiger partial charge >= 0.3 is 0 Å². The molecule has 31 heavy (non-hydrogen) atoms. The number of carbonyl (C=O) groups excluding carboxylic acids is 1. The summed E-state index contributed by atoms with van der Waals surface area (Å²) in [5, 5.41) is 0.206. The van der Waals surface area contributed by atoms with Gasteiger partial charge in [-0.05, 0) is 48.4 Å². The first-order chi connectivity index (χ1) is 14.2. The Balaban J connectivity index is 2.25. The fraction of sp³-hybridized carbons (Fsp3) is 0.609. The molecule has 1 aromatic rings. The largest absolute Gasteiger partial charge is 0.381 e. The minimum Gasteiger partial charge on any atom is -0.381 e. The fourth-order valence-corrected chi connectivity index (χ4v) is 8.42. The number of benzene rings is 1. The molecule has 2 unspecified atom stereocenters. The first-order valence-corrected chi connectivity index (χ1v) is 15.3. The number of ether oxygens (including phenoxy) is 1. The van der Waals surface area contributed by atoms with Crippen molar-refractivity contribution >= 4 is 24.0 Å². The van der Waals surface area contributed by atoms with Crippen LogP contribution in [0.5, 0.6) is 0 Å². The van der Waals surface area contributed by atoms with Crippen LogP contribution < -0.4 is 5.84 Å². The van der Waals surface area contributed by atoms with Crippen LogP contribution in [0.15, 0.2) is 40.8 Å². The molecular weight excluding hydrogens is 428 g/mol. The van der Waals surface area contributed by atoms with E-state index in [1.165, 1.54) is 17.7 Å². The van der Waals surface area contributed by atoms with Crippen LogP contribution in [0.2, 0.25) is 23.7 Å². The number of aryl methyl sites for hydroxylation is 1. The van der Waals surface area contributed by atoms with Gasteiger partial charge in [0.05, 0.1) is 19.6 Å². The molecule has 8 heteroatoms. The summed E-state index contributed by atoms with van der Waals surface area (Å²) in [7, 11) is -4.11. The first-order valence-electron chi connectivity index (χ1n) is 10.8. The van der Waals surface area contributed by atoms with Crippen molar-refractivity contribution in [2.24, 2.45) is 11.8 Å². The van der Waals surface area contributed by atoms with Crippen molar-refractivity contribution < 1.29 is 17.9 Å². The first kappa shape index (κ1) is 25.8. The van der Waals surface area contributed by atoms with Crippen LogP contribution in [0.3, 0.4) is 0 Å². The molecule has 0 aromatic heterocycles. The monoisotopic (exact) mass is 466 g/mol. The lowest BCUT2D eigenvalue weighted by Gasteiger charge is -2.43. The Morgan fingerprint density at radius 1 is 1.23 bits per heavy atom. The highest BCUT2D eigenvalue weighted by molar-refractivity contribution is 7.89. The standard InChI is InChI=1S/C23H38N2O4SSi/c1-17-8-11-19(12-9-17)30(27,28)25(24)22(26)16-18-10-13-21(20(18)14-15-29-5)31(6,7)23(2,3)4/h8-9,11-12,14,18,21H,10,13,15-16,24H2,1-7H3/b20-14-. The zero-order chi connectivity index (χ0) is 23.6. The highest BCUT2D eigenvalue weighted by Crippen LogP contribution is 2.55. The smallest absolute Gasteiger partial charge is 0.280 e. The molecule has 6 nitrogen and oxygen atoms in total. The van der Waals surface area contributed by atoms with Crippen molar-refractivity contribution in [2.45, 2.75) is 75.5 Å². The van der Waals surface area contributed by atoms with Crippen LogP contribution in [0.4, 0.5) is 0 Å². The predicted molar refractivity (Wildman–Crippen MR) is 128 cm³/mol. The Bertz CT molecular complexity index is 918. The maximum Gasteiger partial charge on any atom is 0.280 e. The second kappa shape index (κ2) is 9.56. The lowest BCUT2D eigenvalue weighted by Crippen LogP contribution is -2.44. The number of hydrogen-bond acceptors (Lipinski definition) is 5. The molecule has 0 heterocycles. The molecule has 1 aliphatic rings. The van der Waals surface area contributed by atoms with E-state index in [1.807, 2.05) is 6.92 Å². The number of hydrogen-bond donors (Lipinski definition) is 1. The molecule has 1 saturated carbocycles. The van der Waals surface area contributed by atoms with Gasteiger partial charge in [0.15, 0.2) is 0 Å². The van der Waals surface area contributed by atoms with Gasteiger partial charge in [0.1, 0.15) is 0 Å². The van der Waals surface area contributed by atoms with Gasteiger partial charge in [-0.2, -0.15) is 12.8 Å². The molecule has 2 atom stereocenters. The summed E-state index contributed by atoms with van der Waals surface area (Å²) in [5.41, 5.74) is 2.60. The average Bonchev–Trinajstić information content (AvgIpc) is 3.08. The number of hydrazine groups is 1. The summed E-state index contributed by atoms with van der Waals surface area (Å²) >= 11 is 0. The summed E-state index contributed by atoms with van der Waals surface area (Å²) in [6.07, 6.45) is 4.06. The van der Waals surface area contributed by atoms with E-state index in [4.69, 9.17) is 10.6 Å². The summed E-state index contributed by atoms with van der Waals surface area (Å²) in [4.78, 5) is 13.0. The highest BCUT2D eigenvalue weighted by Gasteiger charge is 2.48. The summed E-state index contributed by atoms with van der Waals surface area (Å²) in [6, 6.07) is 6.34. The van der Waals surface area contributed by atoms with Crippen LogP contribution in [0.25, 0.3) is 0 Å². The number of carbonyl (C=O) groups is 1. The third-order valence-corrected chi connectivity index (χ3v) is 15.0. The maximum absolute atomic E-state index is 12.9. The van der Waals surface area contributed by atoms with Crippen molar-refractivity contribution in [2.75, 3.05) is 13.7 Å². The molecule has 0 bridgehead atoms. The average molecular weight is 467 g/mol. The molecule has 1 amide bonds. The molecule has 2 rings (SSSR count). The van der Waals surface area contributed by atoms with Crippen molar-refractivity contribution in [3.63, 3.8) is 0 Å². The molecule has 0 radical (unpaired) electrons. The van der Waals surface area contributed by atoms with E-state index >= 15 is 0 Å². The van der Waals surface area contributed by atoms with Crippen molar-refractivity contribution in [3.8, 4) is 0 Å². The molecule has 1 aliphatic carbocycles. The van der Waals surface area contributed by atoms with Crippen LogP contribution in [0, 0.1) is 12.8 Å². The van der Waals surface area contributed by atoms with Crippen LogP contribution in [-0.4, -0.2) is 40.5 Å². The molecule has 0 aliphatic heterocycles. The Kier molecular flexibility index (Phi) is 7.95. The SMILES string of the molecule is COC/C=C1/C(CC(=O)N(N)S(=O)(=O)c2ccc(C)cc2)CCC1[Si](C)(C)C(C)(C)C. The second-order valence-electron chi connectivity index (χ2n) is 10.2. The fourth-order valence-electron chi connectivity index (χ4n) is 4.25. The minimum atomic E-state index is -4.07. The molecule has 174 valence electrons. The van der Waals surface area contributed by atoms with Gasteiger partial charge in [-0.3, -0.25) is 4.79 Å². The summed E-state index contributed by atoms with van der Waals surface area (Å²) < 4.78 is 31.4. The lowest BCUT2D eigenvalue weighted by molar-refractivity contribution is -0.127. The van der Waals surface area contributed by atoms with E-state index in [0.717, 1.165) is 18.4 Å². The molecule has 1 aromatic carbocycles. The van der Waals surface area contributed by atoms with Crippen molar-refractivity contribution in [1.82, 2.24) is 4.41 Å². The summed E-state index contributed by atoms with van der Waals surface area (Å²) in [6.45, 7) is 14.0. The number of nitrogens with two attached hydrogens (primary N) is 1. The highest BCUT2D eigenvalue weighted by atomic mass is 32.2. The van der Waals surface area contributed by atoms with Crippen molar-refractivity contribution in [1.29, 1.82) is 0 Å². The van der Waals surface area contributed by atoms with Gasteiger partial charge in [0.25, 0.3) is 15.9 Å². The number of amides is 1. The third-order valence-electron chi connectivity index (χ3n) is 7.21. The number of sulfonamides is 1. The van der Waals surface area contributed by atoms with E-state index in [9.17, 15) is 13.2 Å². The van der Waals surface area contributed by atoms with Gasteiger partial charge in [-0.1, -0.05) is 63.2 Å². The second-order valence-corrected chi connectivity index (χ2v) is 17.6. The van der Waals surface area contributed by atoms with E-state index < -0.39 is 24.0 Å². The van der Waals surface area contributed by atoms with Gasteiger partial charge in [-0.15, -0.1) is 0 Å². The van der Waals surface area contributed by atoms with Gasteiger partial charge in [-0.25, -0.2) is 5.84 Å². The molecule has 2 N–H and O–H groups in total. The third kappa shape index (κ3) is 5.48. The number of methoxy groups -OCH3 is 1. The number of rotatable bonds is 7. The number of nitrogens with zero attached hydrogens (tertiary/aromatic N) is 1. The quantitative estimate of drug-likeness (QED) is 0.208. The van der Waals surface area contributed by atoms with Crippen LogP contribution in [-0.2, 0) is 19.6 Å². The Morgan fingerprint density at radius 3 is 2.32 bits per heavy atom. The molecule has 0 spiro atoms. The lowest BCUT2D eigenvalue weighted by atomic mass is 9.98. The zero-order valence-corrected chi connectivity index (χ0v) is 21.8. The van der Waals surface area contributed by atoms with E-state index in [1.54, 1.807) is 19.2 Å². The molecule has 0 saturated heterocycles. The van der Waals surface area contributed by atoms with E-state index in [2.05, 4.69) is 39.9 Å². The van der Waals surface area contributed by atoms with E-state index in [0.29, 0.717) is 16.6 Å². The predicted octanol–water partition coefficient (Wildman–Crippen LogP) is 4.64. The van der Waals surface area contributed by atoms with Crippen LogP contribution >= 0.6 is 0 Å². The number of allylic oxidation sites excluding steroid dienone is 1. The van der Waals surface area contributed by atoms with Gasteiger partial charge in [0.2, 0.25) is 0 Å². The Hall–Kier alpha value is -1.48. The minimum absolute atomic E-state index is 0.0129.